The summed E-state index contributed by atoms with van der Waals surface area (Å²) >= 11 is 0. The number of ether oxygens (including phenoxy) is 2. The Labute approximate surface area is 207 Å². The van der Waals surface area contributed by atoms with E-state index in [1.807, 2.05) is 24.4 Å². The first-order chi connectivity index (χ1) is 17.6. The maximum atomic E-state index is 15.4. The summed E-state index contributed by atoms with van der Waals surface area (Å²) in [5.74, 6) is 1.15. The summed E-state index contributed by atoms with van der Waals surface area (Å²) in [6, 6.07) is 6.04. The Morgan fingerprint density at radius 2 is 2.08 bits per heavy atom. The number of nitrogens with zero attached hydrogens (tertiary/aromatic N) is 4. The second-order valence-corrected chi connectivity index (χ2v) is 10.8. The average Bonchev–Trinajstić information content (AvgIpc) is 3.47. The van der Waals surface area contributed by atoms with Gasteiger partial charge in [-0.1, -0.05) is 6.07 Å². The fraction of sp³-hybridized carbons (Fsp3) is 0.519. The van der Waals surface area contributed by atoms with Crippen LogP contribution in [0.1, 0.15) is 43.6 Å². The SMILES string of the molecule is COc1nc(NC2CCC3(CC2)COC3)nn2cc(F)c(-c3ccc4c(c3)C3C(CCF)[C@@H]3C=N4)c12. The van der Waals surface area contributed by atoms with Crippen molar-refractivity contribution in [2.24, 2.45) is 22.2 Å². The third-order valence-corrected chi connectivity index (χ3v) is 8.68. The molecule has 9 heteroatoms. The van der Waals surface area contributed by atoms with Crippen LogP contribution in [0.5, 0.6) is 5.88 Å². The molecule has 3 aromatic rings. The molecule has 0 radical (unpaired) electrons. The molecule has 2 aliphatic heterocycles. The Balaban J connectivity index is 1.21. The van der Waals surface area contributed by atoms with Gasteiger partial charge in [0, 0.05) is 23.6 Å². The van der Waals surface area contributed by atoms with E-state index < -0.39 is 5.82 Å². The maximum absolute atomic E-state index is 15.4. The normalized spacial score (nSPS) is 25.9. The minimum absolute atomic E-state index is 0.250. The molecule has 2 saturated carbocycles. The molecular weight excluding hydrogens is 464 g/mol. The number of fused-ring (bicyclic) bond motifs is 4. The number of hydrogen-bond donors (Lipinski definition) is 1. The van der Waals surface area contributed by atoms with E-state index in [1.54, 1.807) is 7.11 Å². The molecule has 0 amide bonds. The molecule has 4 heterocycles. The molecule has 0 bridgehead atoms. The van der Waals surface area contributed by atoms with Gasteiger partial charge in [0.15, 0.2) is 5.82 Å². The smallest absolute Gasteiger partial charge is 0.244 e. The fourth-order valence-corrected chi connectivity index (χ4v) is 6.54. The van der Waals surface area contributed by atoms with Crippen LogP contribution in [0.25, 0.3) is 16.6 Å². The number of benzene rings is 1. The molecule has 1 aromatic carbocycles. The molecule has 7 rings (SSSR count). The summed E-state index contributed by atoms with van der Waals surface area (Å²) < 4.78 is 41.0. The van der Waals surface area contributed by atoms with E-state index in [0.29, 0.717) is 34.7 Å². The molecule has 36 heavy (non-hydrogen) atoms. The zero-order valence-corrected chi connectivity index (χ0v) is 20.2. The Kier molecular flexibility index (Phi) is 5.06. The molecule has 4 aliphatic rings. The summed E-state index contributed by atoms with van der Waals surface area (Å²) in [5, 5.41) is 8.03. The van der Waals surface area contributed by atoms with Gasteiger partial charge in [-0.15, -0.1) is 5.10 Å². The van der Waals surface area contributed by atoms with Gasteiger partial charge in [0.2, 0.25) is 11.8 Å². The summed E-state index contributed by atoms with van der Waals surface area (Å²) in [4.78, 5) is 9.17. The van der Waals surface area contributed by atoms with Crippen LogP contribution in [0.2, 0.25) is 0 Å². The van der Waals surface area contributed by atoms with E-state index in [9.17, 15) is 4.39 Å². The van der Waals surface area contributed by atoms with Gasteiger partial charge in [-0.25, -0.2) is 8.91 Å². The van der Waals surface area contributed by atoms with Crippen LogP contribution in [0.4, 0.5) is 20.4 Å². The molecule has 3 atom stereocenters. The Morgan fingerprint density at radius 3 is 2.81 bits per heavy atom. The summed E-state index contributed by atoms with van der Waals surface area (Å²) in [6.07, 6.45) is 8.17. The van der Waals surface area contributed by atoms with E-state index in [4.69, 9.17) is 9.47 Å². The third kappa shape index (κ3) is 3.43. The number of aromatic nitrogens is 3. The highest BCUT2D eigenvalue weighted by molar-refractivity contribution is 5.87. The highest BCUT2D eigenvalue weighted by atomic mass is 19.1. The third-order valence-electron chi connectivity index (χ3n) is 8.68. The number of methoxy groups -OCH3 is 1. The van der Waals surface area contributed by atoms with Crippen molar-refractivity contribution < 1.29 is 18.3 Å². The number of aliphatic imine (C=N–C) groups is 1. The summed E-state index contributed by atoms with van der Waals surface area (Å²) in [7, 11) is 1.54. The number of rotatable bonds is 6. The zero-order valence-electron chi connectivity index (χ0n) is 20.2. The van der Waals surface area contributed by atoms with E-state index in [2.05, 4.69) is 20.4 Å². The lowest BCUT2D eigenvalue weighted by molar-refractivity contribution is -0.131. The predicted octanol–water partition coefficient (Wildman–Crippen LogP) is 5.32. The first-order valence-corrected chi connectivity index (χ1v) is 12.8. The number of anilines is 1. The van der Waals surface area contributed by atoms with Crippen LogP contribution in [-0.4, -0.2) is 53.9 Å². The first kappa shape index (κ1) is 22.2. The van der Waals surface area contributed by atoms with Crippen LogP contribution < -0.4 is 10.1 Å². The first-order valence-electron chi connectivity index (χ1n) is 12.8. The highest BCUT2D eigenvalue weighted by Gasteiger charge is 2.51. The zero-order chi connectivity index (χ0) is 24.4. The van der Waals surface area contributed by atoms with Gasteiger partial charge in [0.25, 0.3) is 0 Å². The van der Waals surface area contributed by atoms with E-state index in [1.165, 1.54) is 10.7 Å². The Hall–Kier alpha value is -3.07. The maximum Gasteiger partial charge on any atom is 0.244 e. The Bertz CT molecular complexity index is 1360. The van der Waals surface area contributed by atoms with Crippen molar-refractivity contribution in [3.8, 4) is 17.0 Å². The second kappa shape index (κ2) is 8.23. The largest absolute Gasteiger partial charge is 0.479 e. The lowest BCUT2D eigenvalue weighted by atomic mass is 9.71. The molecule has 1 spiro atoms. The van der Waals surface area contributed by atoms with Crippen LogP contribution in [0.3, 0.4) is 0 Å². The molecule has 2 unspecified atom stereocenters. The van der Waals surface area contributed by atoms with Crippen molar-refractivity contribution >= 4 is 23.4 Å². The average molecular weight is 494 g/mol. The van der Waals surface area contributed by atoms with Crippen molar-refractivity contribution in [3.63, 3.8) is 0 Å². The van der Waals surface area contributed by atoms with Crippen LogP contribution in [-0.2, 0) is 4.74 Å². The molecule has 2 aromatic heterocycles. The molecule has 7 nitrogen and oxygen atoms in total. The number of halogens is 2. The van der Waals surface area contributed by atoms with Gasteiger partial charge < -0.3 is 14.8 Å². The number of alkyl halides is 1. The van der Waals surface area contributed by atoms with Gasteiger partial charge in [0.1, 0.15) is 5.52 Å². The number of nitrogens with one attached hydrogen (secondary N) is 1. The summed E-state index contributed by atoms with van der Waals surface area (Å²) in [5.41, 5.74) is 3.91. The second-order valence-electron chi connectivity index (χ2n) is 10.8. The summed E-state index contributed by atoms with van der Waals surface area (Å²) in [6.45, 7) is 1.41. The van der Waals surface area contributed by atoms with Gasteiger partial charge in [-0.05, 0) is 67.2 Å². The van der Waals surface area contributed by atoms with Gasteiger partial charge in [-0.2, -0.15) is 4.98 Å². The van der Waals surface area contributed by atoms with Crippen molar-refractivity contribution in [3.05, 3.63) is 35.8 Å². The van der Waals surface area contributed by atoms with Gasteiger partial charge in [-0.3, -0.25) is 9.38 Å². The molecule has 1 N–H and O–H groups in total. The van der Waals surface area contributed by atoms with Crippen molar-refractivity contribution in [2.45, 2.75) is 44.1 Å². The Morgan fingerprint density at radius 1 is 1.25 bits per heavy atom. The monoisotopic (exact) mass is 493 g/mol. The molecule has 2 aliphatic carbocycles. The molecule has 188 valence electrons. The highest BCUT2D eigenvalue weighted by Crippen LogP contribution is 2.59. The molecule has 3 fully saturated rings. The lowest BCUT2D eigenvalue weighted by Crippen LogP contribution is -2.47. The van der Waals surface area contributed by atoms with Crippen LogP contribution in [0.15, 0.2) is 29.4 Å². The van der Waals surface area contributed by atoms with Gasteiger partial charge >= 0.3 is 0 Å². The minimum atomic E-state index is -0.392. The number of hydrogen-bond acceptors (Lipinski definition) is 6. The van der Waals surface area contributed by atoms with Crippen molar-refractivity contribution in [1.29, 1.82) is 0 Å². The minimum Gasteiger partial charge on any atom is -0.479 e. The predicted molar refractivity (Wildman–Crippen MR) is 133 cm³/mol. The van der Waals surface area contributed by atoms with Crippen molar-refractivity contribution in [1.82, 2.24) is 14.6 Å². The topological polar surface area (TPSA) is 73.0 Å². The van der Waals surface area contributed by atoms with Crippen molar-refractivity contribution in [2.75, 3.05) is 32.3 Å². The molecular formula is C27H29F2N5O2. The van der Waals surface area contributed by atoms with E-state index in [0.717, 1.165) is 55.7 Å². The van der Waals surface area contributed by atoms with Crippen LogP contribution in [0, 0.1) is 23.1 Å². The lowest BCUT2D eigenvalue weighted by Gasteiger charge is -2.46. The van der Waals surface area contributed by atoms with E-state index in [-0.39, 0.29) is 30.5 Å². The van der Waals surface area contributed by atoms with Crippen LogP contribution >= 0.6 is 0 Å². The fourth-order valence-electron chi connectivity index (χ4n) is 6.54. The van der Waals surface area contributed by atoms with E-state index >= 15 is 4.39 Å². The quantitative estimate of drug-likeness (QED) is 0.503. The van der Waals surface area contributed by atoms with Gasteiger partial charge in [0.05, 0.1) is 44.4 Å². The standard InChI is InChI=1S/C27H29F2N5O2/c1-35-25-24-22(15-2-3-21-18(10-15)23-17(6-9-28)19(23)11-30-21)20(29)12-34(24)33-26(32-25)31-16-4-7-27(8-5-16)13-36-14-27/h2-3,10-12,16-17,19,23H,4-9,13-14H2,1H3,(H,31,33)/t17?,19-,23?/m0/s1. The molecule has 1 saturated heterocycles.